The highest BCUT2D eigenvalue weighted by Crippen LogP contribution is 2.22. The summed E-state index contributed by atoms with van der Waals surface area (Å²) in [6.07, 6.45) is 0.299. The number of anilines is 1. The molecule has 4 nitrogen and oxygen atoms in total. The molecule has 1 amide bonds. The summed E-state index contributed by atoms with van der Waals surface area (Å²) in [6.45, 7) is 4.08. The van der Waals surface area contributed by atoms with Crippen LogP contribution in [0.4, 0.5) is 5.13 Å². The Kier molecular flexibility index (Phi) is 4.50. The minimum Gasteiger partial charge on any atom is -0.300 e. The summed E-state index contributed by atoms with van der Waals surface area (Å²) in [6, 6.07) is 7.21. The minimum atomic E-state index is -0.103. The molecular formula is C13H14ClN3OS. The summed E-state index contributed by atoms with van der Waals surface area (Å²) in [5.74, 6) is 0.216. The molecule has 0 aliphatic rings. The number of rotatable bonds is 4. The lowest BCUT2D eigenvalue weighted by atomic mass is 10.1. The van der Waals surface area contributed by atoms with E-state index in [1.54, 1.807) is 12.1 Å². The number of aromatic nitrogens is 2. The summed E-state index contributed by atoms with van der Waals surface area (Å²) in [5, 5.41) is 12.8. The predicted octanol–water partition coefficient (Wildman–Crippen LogP) is 3.50. The van der Waals surface area contributed by atoms with E-state index >= 15 is 0 Å². The van der Waals surface area contributed by atoms with E-state index in [0.29, 0.717) is 22.5 Å². The van der Waals surface area contributed by atoms with Crippen molar-refractivity contribution in [2.75, 3.05) is 5.32 Å². The molecule has 0 atom stereocenters. The summed E-state index contributed by atoms with van der Waals surface area (Å²) in [4.78, 5) is 11.8. The van der Waals surface area contributed by atoms with E-state index in [2.05, 4.69) is 15.5 Å². The second-order valence-corrected chi connectivity index (χ2v) is 5.90. The molecule has 1 heterocycles. The molecule has 0 saturated heterocycles. The van der Waals surface area contributed by atoms with Gasteiger partial charge in [-0.05, 0) is 17.7 Å². The Morgan fingerprint density at radius 1 is 1.32 bits per heavy atom. The maximum absolute atomic E-state index is 11.8. The van der Waals surface area contributed by atoms with Gasteiger partial charge in [0.05, 0.1) is 6.42 Å². The molecule has 0 saturated carbocycles. The Morgan fingerprint density at radius 3 is 2.58 bits per heavy atom. The third-order valence-corrected chi connectivity index (χ3v) is 3.85. The number of halogens is 1. The van der Waals surface area contributed by atoms with Crippen LogP contribution in [0.2, 0.25) is 5.02 Å². The van der Waals surface area contributed by atoms with Gasteiger partial charge in [-0.3, -0.25) is 4.79 Å². The van der Waals surface area contributed by atoms with Crippen molar-refractivity contribution in [3.8, 4) is 0 Å². The van der Waals surface area contributed by atoms with Crippen molar-refractivity contribution < 1.29 is 4.79 Å². The van der Waals surface area contributed by atoms with Crippen molar-refractivity contribution >= 4 is 34.0 Å². The van der Waals surface area contributed by atoms with Gasteiger partial charge in [-0.1, -0.05) is 48.9 Å². The summed E-state index contributed by atoms with van der Waals surface area (Å²) >= 11 is 7.20. The normalized spacial score (nSPS) is 10.7. The Bertz CT molecular complexity index is 566. The number of hydrogen-bond acceptors (Lipinski definition) is 4. The van der Waals surface area contributed by atoms with Gasteiger partial charge in [-0.2, -0.15) is 0 Å². The van der Waals surface area contributed by atoms with Gasteiger partial charge in [0.1, 0.15) is 5.01 Å². The van der Waals surface area contributed by atoms with Crippen LogP contribution in [-0.4, -0.2) is 16.1 Å². The highest BCUT2D eigenvalue weighted by molar-refractivity contribution is 7.15. The fraction of sp³-hybridized carbons (Fsp3) is 0.308. The number of nitrogens with one attached hydrogen (secondary N) is 1. The van der Waals surface area contributed by atoms with E-state index in [1.807, 2.05) is 26.0 Å². The molecular weight excluding hydrogens is 282 g/mol. The van der Waals surface area contributed by atoms with Crippen LogP contribution >= 0.6 is 22.9 Å². The van der Waals surface area contributed by atoms with Crippen LogP contribution in [0.25, 0.3) is 0 Å². The Morgan fingerprint density at radius 2 is 2.00 bits per heavy atom. The molecule has 0 unspecified atom stereocenters. The quantitative estimate of drug-likeness (QED) is 0.939. The smallest absolute Gasteiger partial charge is 0.230 e. The zero-order valence-electron chi connectivity index (χ0n) is 10.7. The number of hydrogen-bond donors (Lipinski definition) is 1. The van der Waals surface area contributed by atoms with Crippen molar-refractivity contribution in [1.82, 2.24) is 10.2 Å². The zero-order valence-corrected chi connectivity index (χ0v) is 12.3. The van der Waals surface area contributed by atoms with Crippen LogP contribution in [0, 0.1) is 0 Å². The number of nitrogens with zero attached hydrogens (tertiary/aromatic N) is 2. The minimum absolute atomic E-state index is 0.103. The van der Waals surface area contributed by atoms with Gasteiger partial charge in [0.2, 0.25) is 11.0 Å². The van der Waals surface area contributed by atoms with Gasteiger partial charge in [-0.25, -0.2) is 0 Å². The van der Waals surface area contributed by atoms with E-state index in [9.17, 15) is 4.79 Å². The van der Waals surface area contributed by atoms with Crippen LogP contribution in [0.3, 0.4) is 0 Å². The first-order valence-corrected chi connectivity index (χ1v) is 7.11. The van der Waals surface area contributed by atoms with Crippen molar-refractivity contribution in [3.05, 3.63) is 39.9 Å². The molecule has 0 aliphatic heterocycles. The Hall–Kier alpha value is -1.46. The average molecular weight is 296 g/mol. The first-order valence-electron chi connectivity index (χ1n) is 5.92. The second kappa shape index (κ2) is 6.12. The molecule has 2 rings (SSSR count). The molecule has 0 aliphatic carbocycles. The van der Waals surface area contributed by atoms with Crippen LogP contribution < -0.4 is 5.32 Å². The standard InChI is InChI=1S/C13H14ClN3OS/c1-8(2)12-16-17-13(19-12)15-11(18)7-9-3-5-10(14)6-4-9/h3-6,8H,7H2,1-2H3,(H,15,17,18). The largest absolute Gasteiger partial charge is 0.300 e. The molecule has 1 aromatic heterocycles. The fourth-order valence-electron chi connectivity index (χ4n) is 1.47. The van der Waals surface area contributed by atoms with E-state index < -0.39 is 0 Å². The fourth-order valence-corrected chi connectivity index (χ4v) is 2.36. The molecule has 19 heavy (non-hydrogen) atoms. The third kappa shape index (κ3) is 4.01. The van der Waals surface area contributed by atoms with E-state index in [0.717, 1.165) is 10.6 Å². The van der Waals surface area contributed by atoms with E-state index in [1.165, 1.54) is 11.3 Å². The molecule has 0 spiro atoms. The predicted molar refractivity (Wildman–Crippen MR) is 77.8 cm³/mol. The maximum atomic E-state index is 11.8. The van der Waals surface area contributed by atoms with Gasteiger partial charge in [0, 0.05) is 10.9 Å². The summed E-state index contributed by atoms with van der Waals surface area (Å²) in [5.41, 5.74) is 0.912. The van der Waals surface area contributed by atoms with Gasteiger partial charge in [-0.15, -0.1) is 10.2 Å². The summed E-state index contributed by atoms with van der Waals surface area (Å²) in [7, 11) is 0. The molecule has 6 heteroatoms. The topological polar surface area (TPSA) is 54.9 Å². The number of carbonyl (C=O) groups is 1. The zero-order chi connectivity index (χ0) is 13.8. The van der Waals surface area contributed by atoms with Crippen LogP contribution in [0.5, 0.6) is 0 Å². The highest BCUT2D eigenvalue weighted by Gasteiger charge is 2.10. The maximum Gasteiger partial charge on any atom is 0.230 e. The lowest BCUT2D eigenvalue weighted by Crippen LogP contribution is -2.14. The molecule has 1 aromatic carbocycles. The number of carbonyl (C=O) groups excluding carboxylic acids is 1. The lowest BCUT2D eigenvalue weighted by Gasteiger charge is -2.01. The lowest BCUT2D eigenvalue weighted by molar-refractivity contribution is -0.115. The monoisotopic (exact) mass is 295 g/mol. The summed E-state index contributed by atoms with van der Waals surface area (Å²) < 4.78 is 0. The van der Waals surface area contributed by atoms with Gasteiger partial charge >= 0.3 is 0 Å². The molecule has 0 fully saturated rings. The molecule has 2 aromatic rings. The van der Waals surface area contributed by atoms with Crippen molar-refractivity contribution in [3.63, 3.8) is 0 Å². The van der Waals surface area contributed by atoms with Crippen LogP contribution in [0.15, 0.2) is 24.3 Å². The highest BCUT2D eigenvalue weighted by atomic mass is 35.5. The SMILES string of the molecule is CC(C)c1nnc(NC(=O)Cc2ccc(Cl)cc2)s1. The van der Waals surface area contributed by atoms with Crippen LogP contribution in [-0.2, 0) is 11.2 Å². The van der Waals surface area contributed by atoms with E-state index in [-0.39, 0.29) is 5.91 Å². The van der Waals surface area contributed by atoms with Crippen molar-refractivity contribution in [2.45, 2.75) is 26.2 Å². The Balaban J connectivity index is 1.95. The molecule has 100 valence electrons. The van der Waals surface area contributed by atoms with Gasteiger partial charge in [0.15, 0.2) is 0 Å². The number of benzene rings is 1. The second-order valence-electron chi connectivity index (χ2n) is 4.45. The molecule has 1 N–H and O–H groups in total. The Labute approximate surface area is 120 Å². The molecule has 0 bridgehead atoms. The van der Waals surface area contributed by atoms with Gasteiger partial charge < -0.3 is 5.32 Å². The van der Waals surface area contributed by atoms with Crippen molar-refractivity contribution in [1.29, 1.82) is 0 Å². The average Bonchev–Trinajstić information content (AvgIpc) is 2.80. The van der Waals surface area contributed by atoms with E-state index in [4.69, 9.17) is 11.6 Å². The first kappa shape index (κ1) is 14.0. The third-order valence-electron chi connectivity index (χ3n) is 2.46. The van der Waals surface area contributed by atoms with Crippen LogP contribution in [0.1, 0.15) is 30.3 Å². The number of amides is 1. The molecule has 0 radical (unpaired) electrons. The van der Waals surface area contributed by atoms with Gasteiger partial charge in [0.25, 0.3) is 0 Å². The van der Waals surface area contributed by atoms with Crippen molar-refractivity contribution in [2.24, 2.45) is 0 Å². The first-order chi connectivity index (χ1) is 9.04.